The van der Waals surface area contributed by atoms with Crippen molar-refractivity contribution in [2.45, 2.75) is 19.9 Å². The molecule has 3 aromatic rings. The Morgan fingerprint density at radius 1 is 1.27 bits per heavy atom. The third-order valence-corrected chi connectivity index (χ3v) is 5.26. The highest BCUT2D eigenvalue weighted by Gasteiger charge is 2.20. The van der Waals surface area contributed by atoms with Crippen LogP contribution in [0.2, 0.25) is 0 Å². The number of halogens is 2. The molecule has 0 saturated carbocycles. The maximum atomic E-state index is 13.6. The van der Waals surface area contributed by atoms with Gasteiger partial charge in [-0.1, -0.05) is 5.16 Å². The Bertz CT molecular complexity index is 950. The lowest BCUT2D eigenvalue weighted by Gasteiger charge is -2.36. The Hall–Kier alpha value is -2.14. The van der Waals surface area contributed by atoms with E-state index in [-0.39, 0.29) is 29.8 Å². The van der Waals surface area contributed by atoms with Gasteiger partial charge < -0.3 is 19.7 Å². The quantitative estimate of drug-likeness (QED) is 0.293. The lowest BCUT2D eigenvalue weighted by atomic mass is 10.1. The van der Waals surface area contributed by atoms with Gasteiger partial charge in [-0.25, -0.2) is 4.39 Å². The lowest BCUT2D eigenvalue weighted by molar-refractivity contribution is 0.169. The first-order chi connectivity index (χ1) is 14.2. The van der Waals surface area contributed by atoms with E-state index >= 15 is 0 Å². The molecule has 7 nitrogen and oxygen atoms in total. The van der Waals surface area contributed by atoms with Crippen LogP contribution >= 0.6 is 24.0 Å². The monoisotopic (exact) mass is 526 g/mol. The highest BCUT2D eigenvalue weighted by Crippen LogP contribution is 2.20. The third-order valence-electron chi connectivity index (χ3n) is 5.26. The van der Waals surface area contributed by atoms with Gasteiger partial charge in [0.1, 0.15) is 12.1 Å². The minimum absolute atomic E-state index is 0. The van der Waals surface area contributed by atoms with Crippen molar-refractivity contribution in [3.8, 4) is 0 Å². The fraction of sp³-hybridized carbons (Fsp3) is 0.429. The van der Waals surface area contributed by atoms with Crippen LogP contribution in [0.25, 0.3) is 10.9 Å². The molecule has 0 bridgehead atoms. The van der Waals surface area contributed by atoms with Gasteiger partial charge in [-0.15, -0.1) is 24.0 Å². The van der Waals surface area contributed by atoms with Crippen LogP contribution in [0, 0.1) is 5.82 Å². The van der Waals surface area contributed by atoms with E-state index in [4.69, 9.17) is 9.52 Å². The summed E-state index contributed by atoms with van der Waals surface area (Å²) in [6.45, 7) is 8.14. The molecule has 0 amide bonds. The number of guanidine groups is 1. The van der Waals surface area contributed by atoms with Gasteiger partial charge in [-0.2, -0.15) is 0 Å². The predicted molar refractivity (Wildman–Crippen MR) is 127 cm³/mol. The first kappa shape index (κ1) is 22.5. The first-order valence-corrected chi connectivity index (χ1v) is 10.1. The summed E-state index contributed by atoms with van der Waals surface area (Å²) >= 11 is 0. The molecule has 4 rings (SSSR count). The number of piperazine rings is 1. The van der Waals surface area contributed by atoms with Crippen molar-refractivity contribution in [2.24, 2.45) is 4.99 Å². The van der Waals surface area contributed by atoms with Crippen LogP contribution in [0.4, 0.5) is 4.39 Å². The van der Waals surface area contributed by atoms with E-state index in [1.165, 1.54) is 6.07 Å². The van der Waals surface area contributed by atoms with E-state index in [9.17, 15) is 4.39 Å². The Labute approximate surface area is 192 Å². The number of benzene rings is 1. The van der Waals surface area contributed by atoms with E-state index in [1.807, 2.05) is 12.3 Å². The zero-order chi connectivity index (χ0) is 20.1. The van der Waals surface area contributed by atoms with Crippen LogP contribution in [0.3, 0.4) is 0 Å². The Morgan fingerprint density at radius 3 is 2.83 bits per heavy atom. The topological polar surface area (TPSA) is 72.7 Å². The summed E-state index contributed by atoms with van der Waals surface area (Å²) in [5, 5.41) is 8.33. The molecule has 2 N–H and O–H groups in total. The third kappa shape index (κ3) is 5.51. The number of hydrogen-bond acceptors (Lipinski definition) is 4. The van der Waals surface area contributed by atoms with E-state index in [2.05, 4.69) is 32.2 Å². The number of hydrogen-bond donors (Lipinski definition) is 2. The van der Waals surface area contributed by atoms with E-state index in [0.29, 0.717) is 6.54 Å². The molecule has 162 valence electrons. The normalized spacial score (nSPS) is 15.4. The maximum absolute atomic E-state index is 13.6. The van der Waals surface area contributed by atoms with Crippen molar-refractivity contribution in [2.75, 3.05) is 39.3 Å². The Kier molecular flexibility index (Phi) is 8.08. The summed E-state index contributed by atoms with van der Waals surface area (Å²) in [4.78, 5) is 12.7. The highest BCUT2D eigenvalue weighted by atomic mass is 127. The van der Waals surface area contributed by atoms with E-state index < -0.39 is 0 Å². The highest BCUT2D eigenvalue weighted by molar-refractivity contribution is 14.0. The number of aromatic nitrogens is 2. The molecule has 3 heterocycles. The second-order valence-corrected chi connectivity index (χ2v) is 7.24. The van der Waals surface area contributed by atoms with Crippen LogP contribution in [0.15, 0.2) is 46.2 Å². The molecule has 1 fully saturated rings. The van der Waals surface area contributed by atoms with Crippen LogP contribution in [0.5, 0.6) is 0 Å². The number of H-pyrrole nitrogens is 1. The number of nitrogens with zero attached hydrogens (tertiary/aromatic N) is 4. The summed E-state index contributed by atoms with van der Waals surface area (Å²) in [6.07, 6.45) is 4.34. The van der Waals surface area contributed by atoms with Crippen molar-refractivity contribution in [1.82, 2.24) is 25.3 Å². The molecule has 0 spiro atoms. The SMILES string of the molecule is CCNC(=NCCc1c[nH]c2ccc(F)cc12)N1CCN(Cc2ccon2)CC1.I. The summed E-state index contributed by atoms with van der Waals surface area (Å²) in [5.41, 5.74) is 3.02. The lowest BCUT2D eigenvalue weighted by Crippen LogP contribution is -2.52. The minimum atomic E-state index is -0.210. The van der Waals surface area contributed by atoms with Crippen molar-refractivity contribution in [3.63, 3.8) is 0 Å². The molecule has 1 aromatic carbocycles. The molecule has 30 heavy (non-hydrogen) atoms. The van der Waals surface area contributed by atoms with Gasteiger partial charge in [0.25, 0.3) is 0 Å². The van der Waals surface area contributed by atoms with E-state index in [0.717, 1.165) is 73.8 Å². The van der Waals surface area contributed by atoms with Gasteiger partial charge in [0, 0.05) is 69.0 Å². The molecule has 0 aliphatic carbocycles. The first-order valence-electron chi connectivity index (χ1n) is 10.1. The molecule has 1 aliphatic rings. The minimum Gasteiger partial charge on any atom is -0.364 e. The molecule has 0 radical (unpaired) electrons. The predicted octanol–water partition coefficient (Wildman–Crippen LogP) is 3.24. The second-order valence-electron chi connectivity index (χ2n) is 7.24. The van der Waals surface area contributed by atoms with Crippen molar-refractivity contribution in [3.05, 3.63) is 53.8 Å². The number of aliphatic imine (C=N–C) groups is 1. The number of aromatic amines is 1. The molecule has 0 unspecified atom stereocenters. The van der Waals surface area contributed by atoms with Crippen molar-refractivity contribution >= 4 is 40.8 Å². The Morgan fingerprint density at radius 2 is 2.10 bits per heavy atom. The second kappa shape index (κ2) is 10.8. The van der Waals surface area contributed by atoms with Gasteiger partial charge in [-0.3, -0.25) is 9.89 Å². The summed E-state index contributed by atoms with van der Waals surface area (Å²) < 4.78 is 18.5. The molecule has 9 heteroatoms. The largest absolute Gasteiger partial charge is 0.364 e. The Balaban J connectivity index is 0.00000256. The maximum Gasteiger partial charge on any atom is 0.194 e. The van der Waals surface area contributed by atoms with Crippen LogP contribution in [-0.4, -0.2) is 65.2 Å². The fourth-order valence-electron chi connectivity index (χ4n) is 3.73. The molecule has 1 saturated heterocycles. The van der Waals surface area contributed by atoms with Gasteiger partial charge in [0.15, 0.2) is 5.96 Å². The zero-order valence-corrected chi connectivity index (χ0v) is 19.4. The molecule has 1 aliphatic heterocycles. The summed E-state index contributed by atoms with van der Waals surface area (Å²) in [7, 11) is 0. The summed E-state index contributed by atoms with van der Waals surface area (Å²) in [6, 6.07) is 6.75. The van der Waals surface area contributed by atoms with E-state index in [1.54, 1.807) is 18.4 Å². The van der Waals surface area contributed by atoms with Crippen LogP contribution < -0.4 is 5.32 Å². The van der Waals surface area contributed by atoms with Crippen molar-refractivity contribution in [1.29, 1.82) is 0 Å². The van der Waals surface area contributed by atoms with Gasteiger partial charge in [0.05, 0.1) is 5.69 Å². The zero-order valence-electron chi connectivity index (χ0n) is 17.1. The average molecular weight is 526 g/mol. The van der Waals surface area contributed by atoms with Gasteiger partial charge in [0.2, 0.25) is 0 Å². The number of rotatable bonds is 6. The number of nitrogens with one attached hydrogen (secondary N) is 2. The number of fused-ring (bicyclic) bond motifs is 1. The average Bonchev–Trinajstić information content (AvgIpc) is 3.38. The molecular weight excluding hydrogens is 498 g/mol. The standard InChI is InChI=1S/C21H27FN6O.HI/c1-2-23-21(28-10-8-27(9-11-28)15-18-6-12-29-26-18)24-7-5-16-14-25-20-4-3-17(22)13-19(16)20;/h3-4,6,12-14,25H,2,5,7-11,15H2,1H3,(H,23,24);1H. The van der Waals surface area contributed by atoms with Crippen LogP contribution in [-0.2, 0) is 13.0 Å². The summed E-state index contributed by atoms with van der Waals surface area (Å²) in [5.74, 6) is 0.735. The smallest absolute Gasteiger partial charge is 0.194 e. The van der Waals surface area contributed by atoms with Gasteiger partial charge >= 0.3 is 0 Å². The molecule has 2 aromatic heterocycles. The van der Waals surface area contributed by atoms with Gasteiger partial charge in [-0.05, 0) is 37.1 Å². The van der Waals surface area contributed by atoms with Crippen LogP contribution in [0.1, 0.15) is 18.2 Å². The molecule has 0 atom stereocenters. The van der Waals surface area contributed by atoms with Crippen molar-refractivity contribution < 1.29 is 8.91 Å². The fourth-order valence-corrected chi connectivity index (χ4v) is 3.73. The molecular formula is C21H28FIN6O.